The van der Waals surface area contributed by atoms with Crippen LogP contribution in [0.25, 0.3) is 0 Å². The SMILES string of the molecule is N#Cc1ccc(C(=O)CS(=O)C2CCCC2)cc1. The van der Waals surface area contributed by atoms with Crippen molar-refractivity contribution in [3.63, 3.8) is 0 Å². The van der Waals surface area contributed by atoms with E-state index in [4.69, 9.17) is 5.26 Å². The number of nitriles is 1. The van der Waals surface area contributed by atoms with Gasteiger partial charge in [-0.05, 0) is 25.0 Å². The zero-order valence-electron chi connectivity index (χ0n) is 10.1. The topological polar surface area (TPSA) is 57.9 Å². The molecule has 4 heteroatoms. The number of carbonyl (C=O) groups is 1. The molecule has 0 bridgehead atoms. The molecule has 0 aliphatic heterocycles. The maximum Gasteiger partial charge on any atom is 0.175 e. The third kappa shape index (κ3) is 3.05. The Kier molecular flexibility index (Phi) is 4.27. The van der Waals surface area contributed by atoms with Gasteiger partial charge in [-0.25, -0.2) is 0 Å². The van der Waals surface area contributed by atoms with E-state index in [1.165, 1.54) is 0 Å². The Morgan fingerprint density at radius 3 is 2.44 bits per heavy atom. The lowest BCUT2D eigenvalue weighted by Crippen LogP contribution is -2.19. The van der Waals surface area contributed by atoms with Crippen LogP contribution >= 0.6 is 0 Å². The molecule has 0 spiro atoms. The van der Waals surface area contributed by atoms with Crippen LogP contribution in [-0.4, -0.2) is 21.0 Å². The third-order valence-corrected chi connectivity index (χ3v) is 5.04. The molecule has 18 heavy (non-hydrogen) atoms. The van der Waals surface area contributed by atoms with Crippen LogP contribution in [0.1, 0.15) is 41.6 Å². The van der Waals surface area contributed by atoms with Crippen molar-refractivity contribution in [1.29, 1.82) is 5.26 Å². The van der Waals surface area contributed by atoms with Crippen LogP contribution in [0.2, 0.25) is 0 Å². The number of ketones is 1. The first-order valence-corrected chi connectivity index (χ1v) is 7.49. The molecular weight excluding hydrogens is 246 g/mol. The Morgan fingerprint density at radius 1 is 1.28 bits per heavy atom. The first-order chi connectivity index (χ1) is 8.70. The third-order valence-electron chi connectivity index (χ3n) is 3.28. The van der Waals surface area contributed by atoms with Gasteiger partial charge in [0.2, 0.25) is 0 Å². The van der Waals surface area contributed by atoms with Gasteiger partial charge in [0.05, 0.1) is 17.4 Å². The molecular formula is C14H15NO2S. The zero-order chi connectivity index (χ0) is 13.0. The summed E-state index contributed by atoms with van der Waals surface area (Å²) < 4.78 is 12.0. The molecule has 0 amide bonds. The summed E-state index contributed by atoms with van der Waals surface area (Å²) in [5.74, 6) is 0.0149. The average molecular weight is 261 g/mol. The van der Waals surface area contributed by atoms with E-state index in [0.717, 1.165) is 25.7 Å². The van der Waals surface area contributed by atoms with Crippen molar-refractivity contribution in [2.45, 2.75) is 30.9 Å². The van der Waals surface area contributed by atoms with Crippen LogP contribution in [0, 0.1) is 11.3 Å². The van der Waals surface area contributed by atoms with Crippen molar-refractivity contribution in [3.05, 3.63) is 35.4 Å². The molecule has 2 rings (SSSR count). The number of nitrogens with zero attached hydrogens (tertiary/aromatic N) is 1. The highest BCUT2D eigenvalue weighted by Crippen LogP contribution is 2.23. The second kappa shape index (κ2) is 5.92. The Hall–Kier alpha value is -1.47. The minimum atomic E-state index is -1.05. The molecule has 1 aromatic carbocycles. The summed E-state index contributed by atoms with van der Waals surface area (Å²) in [7, 11) is -1.05. The predicted molar refractivity (Wildman–Crippen MR) is 70.8 cm³/mol. The second-order valence-electron chi connectivity index (χ2n) is 4.54. The smallest absolute Gasteiger partial charge is 0.175 e. The first-order valence-electron chi connectivity index (χ1n) is 6.11. The summed E-state index contributed by atoms with van der Waals surface area (Å²) >= 11 is 0. The maximum absolute atomic E-state index is 12.0. The van der Waals surface area contributed by atoms with Crippen molar-refractivity contribution in [2.24, 2.45) is 0 Å². The molecule has 1 aliphatic rings. The van der Waals surface area contributed by atoms with Crippen LogP contribution < -0.4 is 0 Å². The van der Waals surface area contributed by atoms with E-state index in [9.17, 15) is 9.00 Å². The molecule has 1 unspecified atom stereocenters. The largest absolute Gasteiger partial charge is 0.293 e. The lowest BCUT2D eigenvalue weighted by atomic mass is 10.1. The summed E-state index contributed by atoms with van der Waals surface area (Å²) in [5.41, 5.74) is 1.07. The van der Waals surface area contributed by atoms with Gasteiger partial charge in [0.15, 0.2) is 5.78 Å². The molecule has 0 saturated heterocycles. The molecule has 0 N–H and O–H groups in total. The summed E-state index contributed by atoms with van der Waals surface area (Å²) in [5, 5.41) is 8.87. The van der Waals surface area contributed by atoms with E-state index in [1.807, 2.05) is 6.07 Å². The van der Waals surface area contributed by atoms with Gasteiger partial charge in [-0.2, -0.15) is 5.26 Å². The number of hydrogen-bond donors (Lipinski definition) is 0. The number of carbonyl (C=O) groups excluding carboxylic acids is 1. The van der Waals surface area contributed by atoms with Crippen LogP contribution in [0.3, 0.4) is 0 Å². The molecule has 1 atom stereocenters. The molecule has 1 fully saturated rings. The van der Waals surface area contributed by atoms with Crippen molar-refractivity contribution in [1.82, 2.24) is 0 Å². The predicted octanol–water partition coefficient (Wildman–Crippen LogP) is 2.43. The van der Waals surface area contributed by atoms with Gasteiger partial charge in [0, 0.05) is 21.6 Å². The lowest BCUT2D eigenvalue weighted by Gasteiger charge is -2.08. The fourth-order valence-corrected chi connectivity index (χ4v) is 3.73. The normalized spacial score (nSPS) is 17.3. The highest BCUT2D eigenvalue weighted by molar-refractivity contribution is 7.86. The van der Waals surface area contributed by atoms with E-state index < -0.39 is 10.8 Å². The fourth-order valence-electron chi connectivity index (χ4n) is 2.21. The number of benzene rings is 1. The molecule has 1 aliphatic carbocycles. The van der Waals surface area contributed by atoms with E-state index in [2.05, 4.69) is 0 Å². The quantitative estimate of drug-likeness (QED) is 0.782. The summed E-state index contributed by atoms with van der Waals surface area (Å²) in [6, 6.07) is 8.50. The molecule has 3 nitrogen and oxygen atoms in total. The van der Waals surface area contributed by atoms with Crippen molar-refractivity contribution < 1.29 is 9.00 Å². The van der Waals surface area contributed by atoms with Crippen molar-refractivity contribution in [3.8, 4) is 6.07 Å². The van der Waals surface area contributed by atoms with Crippen molar-refractivity contribution in [2.75, 3.05) is 5.75 Å². The van der Waals surface area contributed by atoms with E-state index in [0.29, 0.717) is 11.1 Å². The standard InChI is InChI=1S/C14H15NO2S/c15-9-11-5-7-12(8-6-11)14(16)10-18(17)13-3-1-2-4-13/h5-8,13H,1-4,10H2. The highest BCUT2D eigenvalue weighted by Gasteiger charge is 2.23. The minimum absolute atomic E-state index is 0.0928. The molecule has 1 saturated carbocycles. The van der Waals surface area contributed by atoms with E-state index in [-0.39, 0.29) is 16.8 Å². The molecule has 0 radical (unpaired) electrons. The van der Waals surface area contributed by atoms with Crippen LogP contribution in [0.5, 0.6) is 0 Å². The highest BCUT2D eigenvalue weighted by atomic mass is 32.2. The molecule has 0 heterocycles. The zero-order valence-corrected chi connectivity index (χ0v) is 10.9. The second-order valence-corrected chi connectivity index (χ2v) is 6.26. The van der Waals surface area contributed by atoms with Crippen LogP contribution in [0.15, 0.2) is 24.3 Å². The monoisotopic (exact) mass is 261 g/mol. The van der Waals surface area contributed by atoms with Crippen LogP contribution in [-0.2, 0) is 10.8 Å². The van der Waals surface area contributed by atoms with Gasteiger partial charge < -0.3 is 0 Å². The van der Waals surface area contributed by atoms with Crippen molar-refractivity contribution >= 4 is 16.6 Å². The van der Waals surface area contributed by atoms with E-state index in [1.54, 1.807) is 24.3 Å². The minimum Gasteiger partial charge on any atom is -0.293 e. The Bertz CT molecular complexity index is 496. The van der Waals surface area contributed by atoms with Gasteiger partial charge >= 0.3 is 0 Å². The Labute approximate surface area is 109 Å². The van der Waals surface area contributed by atoms with Gasteiger partial charge in [-0.1, -0.05) is 25.0 Å². The first kappa shape index (κ1) is 13.0. The summed E-state index contributed by atoms with van der Waals surface area (Å²) in [6.45, 7) is 0. The number of Topliss-reactive ketones (excluding diaryl/α,β-unsaturated/α-hetero) is 1. The number of rotatable bonds is 4. The van der Waals surface area contributed by atoms with Crippen LogP contribution in [0.4, 0.5) is 0 Å². The Balaban J connectivity index is 1.98. The summed E-state index contributed by atoms with van der Waals surface area (Å²) in [6.07, 6.45) is 4.21. The van der Waals surface area contributed by atoms with Gasteiger partial charge in [-0.15, -0.1) is 0 Å². The van der Waals surface area contributed by atoms with E-state index >= 15 is 0 Å². The summed E-state index contributed by atoms with van der Waals surface area (Å²) in [4.78, 5) is 11.9. The van der Waals surface area contributed by atoms with Gasteiger partial charge in [0.1, 0.15) is 0 Å². The average Bonchev–Trinajstić information content (AvgIpc) is 2.92. The number of hydrogen-bond acceptors (Lipinski definition) is 3. The molecule has 1 aromatic rings. The maximum atomic E-state index is 12.0. The Morgan fingerprint density at radius 2 is 1.89 bits per heavy atom. The van der Waals surface area contributed by atoms with Gasteiger partial charge in [0.25, 0.3) is 0 Å². The lowest BCUT2D eigenvalue weighted by molar-refractivity contribution is 0.102. The fraction of sp³-hybridized carbons (Fsp3) is 0.429. The molecule has 94 valence electrons. The molecule has 0 aromatic heterocycles. The van der Waals surface area contributed by atoms with Gasteiger partial charge in [-0.3, -0.25) is 9.00 Å².